The Morgan fingerprint density at radius 3 is 1.96 bits per heavy atom. The first-order valence-corrected chi connectivity index (χ1v) is 9.19. The van der Waals surface area contributed by atoms with Crippen LogP contribution in [0.15, 0.2) is 60.7 Å². The molecule has 4 nitrogen and oxygen atoms in total. The molecule has 0 spiro atoms. The van der Waals surface area contributed by atoms with E-state index >= 15 is 0 Å². The van der Waals surface area contributed by atoms with Gasteiger partial charge in [0.1, 0.15) is 6.10 Å². The van der Waals surface area contributed by atoms with Crippen LogP contribution >= 0.6 is 7.92 Å². The van der Waals surface area contributed by atoms with E-state index in [4.69, 9.17) is 9.47 Å². The summed E-state index contributed by atoms with van der Waals surface area (Å²) in [6.45, 7) is 0.419. The van der Waals surface area contributed by atoms with Crippen molar-refractivity contribution in [1.29, 1.82) is 0 Å². The SMILES string of the molecule is O[C@H]1[C@H](P(c2ccccc2)c2ccccc2)[C@H]2COC(O2)[C@@H]1O. The van der Waals surface area contributed by atoms with Crippen molar-refractivity contribution < 1.29 is 19.7 Å². The van der Waals surface area contributed by atoms with Crippen molar-refractivity contribution in [3.63, 3.8) is 0 Å². The highest BCUT2D eigenvalue weighted by atomic mass is 31.1. The van der Waals surface area contributed by atoms with Crippen molar-refractivity contribution in [3.8, 4) is 0 Å². The van der Waals surface area contributed by atoms with Crippen molar-refractivity contribution in [2.75, 3.05) is 6.61 Å². The van der Waals surface area contributed by atoms with Crippen LogP contribution in [0.3, 0.4) is 0 Å². The van der Waals surface area contributed by atoms with E-state index in [0.29, 0.717) is 6.61 Å². The van der Waals surface area contributed by atoms with E-state index in [1.165, 1.54) is 10.6 Å². The van der Waals surface area contributed by atoms with Gasteiger partial charge < -0.3 is 19.7 Å². The molecule has 2 saturated heterocycles. The van der Waals surface area contributed by atoms with E-state index < -0.39 is 26.4 Å². The van der Waals surface area contributed by atoms with E-state index in [1.54, 1.807) is 0 Å². The van der Waals surface area contributed by atoms with E-state index in [1.807, 2.05) is 36.4 Å². The van der Waals surface area contributed by atoms with Gasteiger partial charge in [0.2, 0.25) is 0 Å². The molecular formula is C18H19O4P. The topological polar surface area (TPSA) is 58.9 Å². The third-order valence-electron chi connectivity index (χ3n) is 4.46. The zero-order valence-corrected chi connectivity index (χ0v) is 13.4. The molecule has 120 valence electrons. The second-order valence-corrected chi connectivity index (χ2v) is 8.26. The second kappa shape index (κ2) is 6.31. The highest BCUT2D eigenvalue weighted by Gasteiger charge is 2.52. The second-order valence-electron chi connectivity index (χ2n) is 5.89. The Hall–Kier alpha value is -1.29. The number of fused-ring (bicyclic) bond motifs is 2. The van der Waals surface area contributed by atoms with E-state index in [2.05, 4.69) is 24.3 Å². The van der Waals surface area contributed by atoms with Crippen molar-refractivity contribution in [2.24, 2.45) is 0 Å². The minimum atomic E-state index is -1.00. The number of rotatable bonds is 3. The molecular weight excluding hydrogens is 311 g/mol. The van der Waals surface area contributed by atoms with Crippen LogP contribution in [0.4, 0.5) is 0 Å². The minimum Gasteiger partial charge on any atom is -0.389 e. The lowest BCUT2D eigenvalue weighted by Crippen LogP contribution is -2.54. The van der Waals surface area contributed by atoms with Crippen LogP contribution in [0.5, 0.6) is 0 Å². The predicted molar refractivity (Wildman–Crippen MR) is 89.5 cm³/mol. The highest BCUT2D eigenvalue weighted by Crippen LogP contribution is 2.48. The maximum Gasteiger partial charge on any atom is 0.186 e. The zero-order valence-electron chi connectivity index (χ0n) is 12.5. The van der Waals surface area contributed by atoms with Gasteiger partial charge in [-0.25, -0.2) is 0 Å². The summed E-state index contributed by atoms with van der Waals surface area (Å²) in [5, 5.41) is 23.3. The number of hydrogen-bond acceptors (Lipinski definition) is 4. The van der Waals surface area contributed by atoms with Gasteiger partial charge in [0, 0.05) is 5.66 Å². The highest BCUT2D eigenvalue weighted by molar-refractivity contribution is 7.73. The summed E-state index contributed by atoms with van der Waals surface area (Å²) in [4.78, 5) is 0. The fourth-order valence-electron chi connectivity index (χ4n) is 3.37. The van der Waals surface area contributed by atoms with Gasteiger partial charge in [-0.3, -0.25) is 0 Å². The number of ether oxygens (including phenoxy) is 2. The van der Waals surface area contributed by atoms with Crippen molar-refractivity contribution in [3.05, 3.63) is 60.7 Å². The summed E-state index contributed by atoms with van der Waals surface area (Å²) >= 11 is 0. The lowest BCUT2D eigenvalue weighted by atomic mass is 10.0. The fraction of sp³-hybridized carbons (Fsp3) is 0.333. The van der Waals surface area contributed by atoms with Crippen molar-refractivity contribution in [2.45, 2.75) is 30.3 Å². The first-order valence-electron chi connectivity index (χ1n) is 7.78. The molecule has 2 fully saturated rings. The van der Waals surface area contributed by atoms with Crippen LogP contribution in [0, 0.1) is 0 Å². The van der Waals surface area contributed by atoms with E-state index in [-0.39, 0.29) is 11.8 Å². The Bertz CT molecular complexity index is 611. The Morgan fingerprint density at radius 1 is 0.826 bits per heavy atom. The summed E-state index contributed by atoms with van der Waals surface area (Å²) in [6.07, 6.45) is -2.75. The third-order valence-corrected chi connectivity index (χ3v) is 7.40. The average Bonchev–Trinajstić information content (AvgIpc) is 3.05. The largest absolute Gasteiger partial charge is 0.389 e. The Balaban J connectivity index is 1.79. The Labute approximate surface area is 136 Å². The van der Waals surface area contributed by atoms with Gasteiger partial charge in [-0.1, -0.05) is 60.7 Å². The van der Waals surface area contributed by atoms with Crippen LogP contribution in [-0.2, 0) is 9.47 Å². The predicted octanol–water partition coefficient (Wildman–Crippen LogP) is 0.965. The zero-order chi connectivity index (χ0) is 15.8. The molecule has 4 rings (SSSR count). The molecule has 2 aliphatic heterocycles. The molecule has 2 N–H and O–H groups in total. The van der Waals surface area contributed by atoms with Crippen LogP contribution < -0.4 is 10.6 Å². The monoisotopic (exact) mass is 330 g/mol. The number of aliphatic hydroxyl groups excluding tert-OH is 2. The molecule has 2 bridgehead atoms. The van der Waals surface area contributed by atoms with Crippen LogP contribution in [-0.4, -0.2) is 47.1 Å². The number of aliphatic hydroxyl groups is 2. The number of hydrogen-bond donors (Lipinski definition) is 2. The smallest absolute Gasteiger partial charge is 0.186 e. The van der Waals surface area contributed by atoms with Gasteiger partial charge in [-0.05, 0) is 18.5 Å². The van der Waals surface area contributed by atoms with Gasteiger partial charge in [0.15, 0.2) is 6.29 Å². The molecule has 0 aliphatic carbocycles. The molecule has 2 aromatic carbocycles. The minimum absolute atomic E-state index is 0.190. The normalized spacial score (nSPS) is 33.1. The first kappa shape index (κ1) is 15.3. The average molecular weight is 330 g/mol. The fourth-order valence-corrected chi connectivity index (χ4v) is 6.32. The quantitative estimate of drug-likeness (QED) is 0.824. The number of benzene rings is 2. The van der Waals surface area contributed by atoms with Gasteiger partial charge >= 0.3 is 0 Å². The standard InChI is InChI=1S/C18H19O4P/c19-15-16(20)18-21-11-14(22-18)17(15)23(12-7-3-1-4-8-12)13-9-5-2-6-10-13/h1-10,14-20H,11H2/t14-,15-,16-,17-,18?/m1/s1. The lowest BCUT2D eigenvalue weighted by molar-refractivity contribution is -0.189. The molecule has 0 amide bonds. The molecule has 5 atom stereocenters. The molecule has 2 aliphatic rings. The van der Waals surface area contributed by atoms with E-state index in [9.17, 15) is 10.2 Å². The summed E-state index contributed by atoms with van der Waals surface area (Å²) in [7, 11) is -0.868. The van der Waals surface area contributed by atoms with E-state index in [0.717, 1.165) is 0 Å². The lowest BCUT2D eigenvalue weighted by Gasteiger charge is -2.40. The molecule has 2 aromatic rings. The molecule has 23 heavy (non-hydrogen) atoms. The maximum atomic E-state index is 10.7. The molecule has 1 unspecified atom stereocenters. The maximum absolute atomic E-state index is 10.7. The molecule has 0 radical (unpaired) electrons. The Kier molecular flexibility index (Phi) is 4.18. The first-order chi connectivity index (χ1) is 11.3. The van der Waals surface area contributed by atoms with Crippen molar-refractivity contribution in [1.82, 2.24) is 0 Å². The van der Waals surface area contributed by atoms with Crippen LogP contribution in [0.1, 0.15) is 0 Å². The summed E-state index contributed by atoms with van der Waals surface area (Å²) in [5.41, 5.74) is -0.191. The molecule has 5 heteroatoms. The van der Waals surface area contributed by atoms with Gasteiger partial charge in [-0.2, -0.15) is 0 Å². The Morgan fingerprint density at radius 2 is 1.39 bits per heavy atom. The van der Waals surface area contributed by atoms with Gasteiger partial charge in [-0.15, -0.1) is 0 Å². The molecule has 0 saturated carbocycles. The summed E-state index contributed by atoms with van der Waals surface area (Å²) in [6, 6.07) is 20.3. The van der Waals surface area contributed by atoms with Crippen LogP contribution in [0.2, 0.25) is 0 Å². The summed E-state index contributed by atoms with van der Waals surface area (Å²) < 4.78 is 11.3. The third kappa shape index (κ3) is 2.71. The van der Waals surface area contributed by atoms with Crippen LogP contribution in [0.25, 0.3) is 0 Å². The van der Waals surface area contributed by atoms with Gasteiger partial charge in [0.05, 0.1) is 18.8 Å². The van der Waals surface area contributed by atoms with Crippen molar-refractivity contribution >= 4 is 18.5 Å². The summed E-state index contributed by atoms with van der Waals surface area (Å²) in [5.74, 6) is 0. The van der Waals surface area contributed by atoms with Gasteiger partial charge in [0.25, 0.3) is 0 Å². The molecule has 2 heterocycles. The molecule has 0 aromatic heterocycles.